The van der Waals surface area contributed by atoms with Crippen molar-refractivity contribution in [3.63, 3.8) is 0 Å². The van der Waals surface area contributed by atoms with Gasteiger partial charge in [0.2, 0.25) is 5.95 Å². The number of aromatic amines is 1. The molecule has 0 saturated carbocycles. The van der Waals surface area contributed by atoms with Crippen molar-refractivity contribution in [3.05, 3.63) is 71.4 Å². The maximum atomic E-state index is 4.60. The van der Waals surface area contributed by atoms with Crippen LogP contribution in [0.5, 0.6) is 0 Å². The molecule has 152 valence electrons. The Labute approximate surface area is 175 Å². The molecule has 0 aromatic carbocycles. The highest BCUT2D eigenvalue weighted by Gasteiger charge is 2.13. The standard InChI is InChI=1S/C23H25N7/c1-16-8-20-19(15-26-22(20)25-10-16)9-18-13-28-23(29-14-18)27-12-17-4-5-21(24-11-17)30-6-2-3-7-30/h4-5,8,10-11,13-15H,2-3,6-7,9,12H2,1H3,(H,25,26)(H,27,28,29). The Morgan fingerprint density at radius 2 is 1.77 bits per heavy atom. The van der Waals surface area contributed by atoms with E-state index in [1.54, 1.807) is 0 Å². The highest BCUT2D eigenvalue weighted by molar-refractivity contribution is 5.80. The summed E-state index contributed by atoms with van der Waals surface area (Å²) in [7, 11) is 0. The maximum Gasteiger partial charge on any atom is 0.222 e. The number of nitrogens with one attached hydrogen (secondary N) is 2. The molecule has 30 heavy (non-hydrogen) atoms. The van der Waals surface area contributed by atoms with Crippen LogP contribution < -0.4 is 10.2 Å². The zero-order chi connectivity index (χ0) is 20.3. The van der Waals surface area contributed by atoms with E-state index in [1.807, 2.05) is 31.0 Å². The van der Waals surface area contributed by atoms with Gasteiger partial charge in [-0.1, -0.05) is 6.07 Å². The van der Waals surface area contributed by atoms with E-state index < -0.39 is 0 Å². The average molecular weight is 400 g/mol. The van der Waals surface area contributed by atoms with Crippen LogP contribution in [0.2, 0.25) is 0 Å². The first-order valence-electron chi connectivity index (χ1n) is 10.4. The number of rotatable bonds is 6. The lowest BCUT2D eigenvalue weighted by molar-refractivity contribution is 0.930. The number of aryl methyl sites for hydroxylation is 1. The van der Waals surface area contributed by atoms with Gasteiger partial charge in [-0.05, 0) is 54.2 Å². The lowest BCUT2D eigenvalue weighted by Gasteiger charge is -2.16. The topological polar surface area (TPSA) is 82.6 Å². The van der Waals surface area contributed by atoms with Gasteiger partial charge in [0.25, 0.3) is 0 Å². The number of hydrogen-bond donors (Lipinski definition) is 2. The summed E-state index contributed by atoms with van der Waals surface area (Å²) in [5, 5.41) is 4.44. The van der Waals surface area contributed by atoms with Crippen LogP contribution in [0.15, 0.2) is 49.2 Å². The molecule has 7 nitrogen and oxygen atoms in total. The first-order valence-corrected chi connectivity index (χ1v) is 10.4. The van der Waals surface area contributed by atoms with E-state index in [9.17, 15) is 0 Å². The molecule has 7 heteroatoms. The number of H-pyrrole nitrogens is 1. The monoisotopic (exact) mass is 399 g/mol. The second-order valence-electron chi connectivity index (χ2n) is 7.89. The molecule has 0 amide bonds. The summed E-state index contributed by atoms with van der Waals surface area (Å²) in [5.41, 5.74) is 5.46. The minimum Gasteiger partial charge on any atom is -0.357 e. The van der Waals surface area contributed by atoms with Gasteiger partial charge in [-0.25, -0.2) is 19.9 Å². The normalized spacial score (nSPS) is 13.8. The zero-order valence-electron chi connectivity index (χ0n) is 17.1. The van der Waals surface area contributed by atoms with E-state index in [0.717, 1.165) is 53.1 Å². The van der Waals surface area contributed by atoms with Gasteiger partial charge < -0.3 is 15.2 Å². The van der Waals surface area contributed by atoms with Gasteiger partial charge in [0.1, 0.15) is 11.5 Å². The van der Waals surface area contributed by atoms with E-state index in [2.05, 4.69) is 60.3 Å². The third-order valence-electron chi connectivity index (χ3n) is 5.54. The van der Waals surface area contributed by atoms with Crippen LogP contribution in [0.3, 0.4) is 0 Å². The summed E-state index contributed by atoms with van der Waals surface area (Å²) in [6.45, 7) is 4.93. The molecule has 5 heterocycles. The van der Waals surface area contributed by atoms with Gasteiger partial charge in [-0.2, -0.15) is 0 Å². The molecule has 0 unspecified atom stereocenters. The Kier molecular flexibility index (Phi) is 5.01. The Balaban J connectivity index is 1.20. The Bertz CT molecular complexity index is 1130. The first kappa shape index (κ1) is 18.5. The van der Waals surface area contributed by atoms with Crippen molar-refractivity contribution in [1.82, 2.24) is 24.9 Å². The molecule has 1 fully saturated rings. The highest BCUT2D eigenvalue weighted by Crippen LogP contribution is 2.21. The van der Waals surface area contributed by atoms with Gasteiger partial charge in [0.15, 0.2) is 0 Å². The summed E-state index contributed by atoms with van der Waals surface area (Å²) in [4.78, 5) is 23.6. The number of anilines is 2. The number of fused-ring (bicyclic) bond motifs is 1. The summed E-state index contributed by atoms with van der Waals surface area (Å²) in [6, 6.07) is 6.38. The first-order chi connectivity index (χ1) is 14.7. The van der Waals surface area contributed by atoms with Crippen molar-refractivity contribution in [2.75, 3.05) is 23.3 Å². The van der Waals surface area contributed by atoms with Crippen molar-refractivity contribution in [2.45, 2.75) is 32.7 Å². The van der Waals surface area contributed by atoms with Gasteiger partial charge in [-0.3, -0.25) is 0 Å². The Morgan fingerprint density at radius 3 is 2.53 bits per heavy atom. The molecule has 0 bridgehead atoms. The van der Waals surface area contributed by atoms with Crippen LogP contribution in [0.1, 0.15) is 35.1 Å². The minimum atomic E-state index is 0.624. The van der Waals surface area contributed by atoms with Crippen molar-refractivity contribution in [2.24, 2.45) is 0 Å². The molecule has 0 radical (unpaired) electrons. The largest absolute Gasteiger partial charge is 0.357 e. The summed E-state index contributed by atoms with van der Waals surface area (Å²) in [6.07, 6.45) is 12.9. The fourth-order valence-corrected chi connectivity index (χ4v) is 3.90. The Hall–Kier alpha value is -3.48. The SMILES string of the molecule is Cc1cnc2[nH]cc(Cc3cnc(NCc4ccc(N5CCCC5)nc4)nc3)c2c1. The van der Waals surface area contributed by atoms with E-state index in [4.69, 9.17) is 0 Å². The van der Waals surface area contributed by atoms with Crippen LogP contribution in [0.25, 0.3) is 11.0 Å². The fourth-order valence-electron chi connectivity index (χ4n) is 3.90. The van der Waals surface area contributed by atoms with E-state index >= 15 is 0 Å². The van der Waals surface area contributed by atoms with E-state index in [1.165, 1.54) is 18.4 Å². The van der Waals surface area contributed by atoms with Crippen molar-refractivity contribution in [3.8, 4) is 0 Å². The number of pyridine rings is 2. The van der Waals surface area contributed by atoms with Crippen LogP contribution in [-0.2, 0) is 13.0 Å². The molecule has 4 aromatic rings. The fraction of sp³-hybridized carbons (Fsp3) is 0.304. The smallest absolute Gasteiger partial charge is 0.222 e. The molecule has 1 saturated heterocycles. The van der Waals surface area contributed by atoms with Gasteiger partial charge in [-0.15, -0.1) is 0 Å². The lowest BCUT2D eigenvalue weighted by Crippen LogP contribution is -2.18. The molecular weight excluding hydrogens is 374 g/mol. The molecule has 4 aromatic heterocycles. The number of aromatic nitrogens is 5. The minimum absolute atomic E-state index is 0.624. The van der Waals surface area contributed by atoms with Crippen LogP contribution in [-0.4, -0.2) is 38.0 Å². The summed E-state index contributed by atoms with van der Waals surface area (Å²) < 4.78 is 0. The second-order valence-corrected chi connectivity index (χ2v) is 7.89. The molecule has 0 atom stereocenters. The van der Waals surface area contributed by atoms with E-state index in [0.29, 0.717) is 12.5 Å². The Morgan fingerprint density at radius 1 is 0.967 bits per heavy atom. The summed E-state index contributed by atoms with van der Waals surface area (Å²) >= 11 is 0. The van der Waals surface area contributed by atoms with Crippen molar-refractivity contribution >= 4 is 22.8 Å². The molecule has 1 aliphatic heterocycles. The second kappa shape index (κ2) is 8.10. The van der Waals surface area contributed by atoms with Crippen LogP contribution in [0.4, 0.5) is 11.8 Å². The lowest BCUT2D eigenvalue weighted by atomic mass is 10.1. The van der Waals surface area contributed by atoms with Gasteiger partial charge in [0.05, 0.1) is 0 Å². The zero-order valence-corrected chi connectivity index (χ0v) is 17.1. The van der Waals surface area contributed by atoms with Gasteiger partial charge in [0, 0.05) is 62.4 Å². The molecule has 0 spiro atoms. The highest BCUT2D eigenvalue weighted by atomic mass is 15.2. The number of nitrogens with zero attached hydrogens (tertiary/aromatic N) is 5. The van der Waals surface area contributed by atoms with Crippen LogP contribution >= 0.6 is 0 Å². The predicted molar refractivity (Wildman–Crippen MR) is 119 cm³/mol. The summed E-state index contributed by atoms with van der Waals surface area (Å²) in [5.74, 6) is 1.69. The third-order valence-corrected chi connectivity index (χ3v) is 5.54. The molecule has 0 aliphatic carbocycles. The predicted octanol–water partition coefficient (Wildman–Crippen LogP) is 3.86. The van der Waals surface area contributed by atoms with E-state index in [-0.39, 0.29) is 0 Å². The number of hydrogen-bond acceptors (Lipinski definition) is 6. The molecular formula is C23H25N7. The molecule has 5 rings (SSSR count). The molecule has 1 aliphatic rings. The van der Waals surface area contributed by atoms with Crippen molar-refractivity contribution in [1.29, 1.82) is 0 Å². The quantitative estimate of drug-likeness (QED) is 0.512. The average Bonchev–Trinajstić information content (AvgIpc) is 3.44. The molecule has 2 N–H and O–H groups in total. The van der Waals surface area contributed by atoms with Crippen LogP contribution in [0, 0.1) is 6.92 Å². The maximum absolute atomic E-state index is 4.60. The van der Waals surface area contributed by atoms with Crippen molar-refractivity contribution < 1.29 is 0 Å². The van der Waals surface area contributed by atoms with Gasteiger partial charge >= 0.3 is 0 Å². The third kappa shape index (κ3) is 3.96.